The minimum atomic E-state index is 0.470. The molecule has 0 amide bonds. The van der Waals surface area contributed by atoms with Crippen molar-refractivity contribution in [2.75, 3.05) is 17.6 Å². The second-order valence-electron chi connectivity index (χ2n) is 4.78. The average Bonchev–Trinajstić information content (AvgIpc) is 2.69. The van der Waals surface area contributed by atoms with Crippen LogP contribution in [0.2, 0.25) is 10.0 Å². The van der Waals surface area contributed by atoms with E-state index in [1.165, 1.54) is 5.69 Å². The van der Waals surface area contributed by atoms with E-state index < -0.39 is 0 Å². The van der Waals surface area contributed by atoms with Gasteiger partial charge in [-0.05, 0) is 38.5 Å². The fourth-order valence-corrected chi connectivity index (χ4v) is 2.40. The van der Waals surface area contributed by atoms with Gasteiger partial charge in [0.25, 0.3) is 0 Å². The molecule has 1 heterocycles. The molecule has 0 saturated heterocycles. The third-order valence-electron chi connectivity index (χ3n) is 3.06. The molecular formula is C14H18Cl2N4. The van der Waals surface area contributed by atoms with Crippen molar-refractivity contribution in [1.29, 1.82) is 0 Å². The highest BCUT2D eigenvalue weighted by molar-refractivity contribution is 6.42. The summed E-state index contributed by atoms with van der Waals surface area (Å²) >= 11 is 11.9. The van der Waals surface area contributed by atoms with Crippen molar-refractivity contribution in [2.45, 2.75) is 26.8 Å². The Kier molecular flexibility index (Phi) is 4.78. The molecule has 0 saturated carbocycles. The number of hydrogen-bond donors (Lipinski definition) is 2. The summed E-state index contributed by atoms with van der Waals surface area (Å²) in [6, 6.07) is 5.49. The maximum atomic E-state index is 5.98. The van der Waals surface area contributed by atoms with Crippen LogP contribution in [-0.4, -0.2) is 16.3 Å². The van der Waals surface area contributed by atoms with E-state index >= 15 is 0 Å². The molecular weight excluding hydrogens is 295 g/mol. The molecule has 6 heteroatoms. The zero-order valence-corrected chi connectivity index (χ0v) is 13.1. The van der Waals surface area contributed by atoms with E-state index in [1.54, 1.807) is 12.1 Å². The van der Waals surface area contributed by atoms with Crippen molar-refractivity contribution in [2.24, 2.45) is 0 Å². The fourth-order valence-electron chi connectivity index (χ4n) is 2.07. The van der Waals surface area contributed by atoms with E-state index in [0.29, 0.717) is 15.7 Å². The Morgan fingerprint density at radius 2 is 1.90 bits per heavy atom. The van der Waals surface area contributed by atoms with Gasteiger partial charge in [-0.1, -0.05) is 23.2 Å². The van der Waals surface area contributed by atoms with Gasteiger partial charge in [0.15, 0.2) is 0 Å². The van der Waals surface area contributed by atoms with Gasteiger partial charge >= 0.3 is 0 Å². The minimum Gasteiger partial charge on any atom is -0.397 e. The largest absolute Gasteiger partial charge is 0.397 e. The molecule has 0 aliphatic carbocycles. The van der Waals surface area contributed by atoms with Gasteiger partial charge < -0.3 is 11.1 Å². The normalized spacial score (nSPS) is 10.8. The highest BCUT2D eigenvalue weighted by Crippen LogP contribution is 2.30. The monoisotopic (exact) mass is 312 g/mol. The van der Waals surface area contributed by atoms with Gasteiger partial charge in [0.05, 0.1) is 27.1 Å². The number of aromatic nitrogens is 2. The van der Waals surface area contributed by atoms with E-state index in [9.17, 15) is 0 Å². The molecule has 1 aromatic heterocycles. The van der Waals surface area contributed by atoms with Crippen LogP contribution in [0.5, 0.6) is 0 Å². The summed E-state index contributed by atoms with van der Waals surface area (Å²) in [6.07, 6.45) is 0.946. The minimum absolute atomic E-state index is 0.470. The lowest BCUT2D eigenvalue weighted by molar-refractivity contribution is 0.574. The maximum Gasteiger partial charge on any atom is 0.0614 e. The molecule has 0 unspecified atom stereocenters. The first-order chi connectivity index (χ1) is 9.47. The molecule has 0 spiro atoms. The van der Waals surface area contributed by atoms with E-state index in [0.717, 1.165) is 30.9 Å². The van der Waals surface area contributed by atoms with Crippen LogP contribution >= 0.6 is 23.2 Å². The van der Waals surface area contributed by atoms with Gasteiger partial charge in [0.2, 0.25) is 0 Å². The molecule has 2 rings (SSSR count). The summed E-state index contributed by atoms with van der Waals surface area (Å²) in [5.41, 5.74) is 9.53. The maximum absolute atomic E-state index is 5.98. The Balaban J connectivity index is 1.87. The number of anilines is 2. The molecule has 4 nitrogen and oxygen atoms in total. The highest BCUT2D eigenvalue weighted by Gasteiger charge is 2.05. The molecule has 0 bridgehead atoms. The molecule has 3 N–H and O–H groups in total. The zero-order chi connectivity index (χ0) is 14.7. The first-order valence-electron chi connectivity index (χ1n) is 6.47. The summed E-state index contributed by atoms with van der Waals surface area (Å²) in [6.45, 7) is 5.72. The molecule has 20 heavy (non-hydrogen) atoms. The lowest BCUT2D eigenvalue weighted by atomic mass is 10.2. The summed E-state index contributed by atoms with van der Waals surface area (Å²) < 4.78 is 2.01. The second kappa shape index (κ2) is 6.37. The van der Waals surface area contributed by atoms with E-state index in [4.69, 9.17) is 28.9 Å². The van der Waals surface area contributed by atoms with Gasteiger partial charge in [0, 0.05) is 18.8 Å². The van der Waals surface area contributed by atoms with Crippen molar-refractivity contribution in [3.8, 4) is 0 Å². The van der Waals surface area contributed by atoms with Gasteiger partial charge in [-0.15, -0.1) is 0 Å². The van der Waals surface area contributed by atoms with Crippen molar-refractivity contribution >= 4 is 34.6 Å². The van der Waals surface area contributed by atoms with Gasteiger partial charge in [-0.25, -0.2) is 0 Å². The molecule has 108 valence electrons. The van der Waals surface area contributed by atoms with Gasteiger partial charge in [-0.2, -0.15) is 5.10 Å². The SMILES string of the molecule is Cc1cc(C)n(CCCNc2cc(Cl)c(Cl)cc2N)n1. The number of nitrogens with one attached hydrogen (secondary N) is 1. The third-order valence-corrected chi connectivity index (χ3v) is 3.78. The third kappa shape index (κ3) is 3.58. The summed E-state index contributed by atoms with van der Waals surface area (Å²) in [5, 5.41) is 8.66. The van der Waals surface area contributed by atoms with Crippen LogP contribution in [0.25, 0.3) is 0 Å². The molecule has 0 atom stereocenters. The van der Waals surface area contributed by atoms with Crippen LogP contribution in [0.1, 0.15) is 17.8 Å². The van der Waals surface area contributed by atoms with Crippen LogP contribution in [0.15, 0.2) is 18.2 Å². The summed E-state index contributed by atoms with van der Waals surface area (Å²) in [7, 11) is 0. The molecule has 0 aliphatic rings. The Bertz CT molecular complexity index is 607. The first kappa shape index (κ1) is 15.0. The number of nitrogens with zero attached hydrogens (tertiary/aromatic N) is 2. The number of aryl methyl sites for hydroxylation is 3. The summed E-state index contributed by atoms with van der Waals surface area (Å²) in [4.78, 5) is 0. The number of rotatable bonds is 5. The number of benzene rings is 1. The topological polar surface area (TPSA) is 55.9 Å². The van der Waals surface area contributed by atoms with Crippen LogP contribution in [0.3, 0.4) is 0 Å². The summed E-state index contributed by atoms with van der Waals surface area (Å²) in [5.74, 6) is 0. The smallest absolute Gasteiger partial charge is 0.0614 e. The molecule has 0 radical (unpaired) electrons. The molecule has 1 aromatic carbocycles. The molecule has 0 aliphatic heterocycles. The predicted octanol–water partition coefficient (Wildman–Crippen LogP) is 3.89. The van der Waals surface area contributed by atoms with Crippen molar-refractivity contribution in [3.63, 3.8) is 0 Å². The lowest BCUT2D eigenvalue weighted by Crippen LogP contribution is -2.10. The molecule has 0 fully saturated rings. The lowest BCUT2D eigenvalue weighted by Gasteiger charge is -2.11. The Labute approximate surface area is 128 Å². The zero-order valence-electron chi connectivity index (χ0n) is 11.6. The van der Waals surface area contributed by atoms with Crippen molar-refractivity contribution in [1.82, 2.24) is 9.78 Å². The van der Waals surface area contributed by atoms with Crippen LogP contribution in [0.4, 0.5) is 11.4 Å². The van der Waals surface area contributed by atoms with Crippen LogP contribution < -0.4 is 11.1 Å². The molecule has 2 aromatic rings. The number of hydrogen-bond acceptors (Lipinski definition) is 3. The van der Waals surface area contributed by atoms with Crippen LogP contribution in [0, 0.1) is 13.8 Å². The second-order valence-corrected chi connectivity index (χ2v) is 5.60. The fraction of sp³-hybridized carbons (Fsp3) is 0.357. The van der Waals surface area contributed by atoms with E-state index in [2.05, 4.69) is 23.4 Å². The Hall–Kier alpha value is -1.39. The van der Waals surface area contributed by atoms with E-state index in [1.807, 2.05) is 11.6 Å². The predicted molar refractivity (Wildman–Crippen MR) is 85.7 cm³/mol. The Morgan fingerprint density at radius 1 is 1.20 bits per heavy atom. The number of nitrogen functional groups attached to an aromatic ring is 1. The van der Waals surface area contributed by atoms with Crippen molar-refractivity contribution in [3.05, 3.63) is 39.6 Å². The van der Waals surface area contributed by atoms with E-state index in [-0.39, 0.29) is 0 Å². The van der Waals surface area contributed by atoms with Gasteiger partial charge in [-0.3, -0.25) is 4.68 Å². The standard InChI is InChI=1S/C14H18Cl2N4/c1-9-6-10(2)20(19-9)5-3-4-18-14-8-12(16)11(15)7-13(14)17/h6-8,18H,3-5,17H2,1-2H3. The van der Waals surface area contributed by atoms with Gasteiger partial charge in [0.1, 0.15) is 0 Å². The highest BCUT2D eigenvalue weighted by atomic mass is 35.5. The quantitative estimate of drug-likeness (QED) is 0.650. The number of halogens is 2. The van der Waals surface area contributed by atoms with Crippen molar-refractivity contribution < 1.29 is 0 Å². The average molecular weight is 313 g/mol. The Morgan fingerprint density at radius 3 is 2.55 bits per heavy atom. The van der Waals surface area contributed by atoms with Crippen LogP contribution in [-0.2, 0) is 6.54 Å². The number of nitrogens with two attached hydrogens (primary N) is 1. The first-order valence-corrected chi connectivity index (χ1v) is 7.22.